The van der Waals surface area contributed by atoms with E-state index in [2.05, 4.69) is 150 Å². The second-order valence-electron chi connectivity index (χ2n) is 19.7. The molecule has 7 aliphatic carbocycles. The Bertz CT molecular complexity index is 2290. The number of fused-ring (bicyclic) bond motifs is 7. The highest BCUT2D eigenvalue weighted by molar-refractivity contribution is 5.92. The fourth-order valence-corrected chi connectivity index (χ4v) is 13.4. The van der Waals surface area contributed by atoms with Gasteiger partial charge in [0.15, 0.2) is 0 Å². The molecule has 0 amide bonds. The van der Waals surface area contributed by atoms with E-state index in [0.717, 1.165) is 23.7 Å². The Morgan fingerprint density at radius 3 is 1.69 bits per heavy atom. The van der Waals surface area contributed by atoms with Crippen LogP contribution in [0.3, 0.4) is 0 Å². The molecule has 4 saturated carbocycles. The van der Waals surface area contributed by atoms with Gasteiger partial charge < -0.3 is 4.90 Å². The Hall–Kier alpha value is -4.10. The van der Waals surface area contributed by atoms with Crippen molar-refractivity contribution in [2.75, 3.05) is 4.90 Å². The van der Waals surface area contributed by atoms with E-state index in [-0.39, 0.29) is 21.7 Å². The van der Waals surface area contributed by atoms with Gasteiger partial charge in [0.05, 0.1) is 5.69 Å². The van der Waals surface area contributed by atoms with E-state index in [1.54, 1.807) is 11.1 Å². The molecule has 0 aliphatic heterocycles. The van der Waals surface area contributed by atoms with Crippen LogP contribution < -0.4 is 4.90 Å². The third-order valence-corrected chi connectivity index (χ3v) is 15.7. The van der Waals surface area contributed by atoms with Gasteiger partial charge in [-0.15, -0.1) is 0 Å². The fourth-order valence-electron chi connectivity index (χ4n) is 13.4. The van der Waals surface area contributed by atoms with Crippen molar-refractivity contribution < 1.29 is 0 Å². The molecule has 0 atom stereocenters. The lowest BCUT2D eigenvalue weighted by atomic mass is 9.43. The molecule has 4 fully saturated rings. The molecule has 1 heteroatoms. The minimum atomic E-state index is -0.119. The Kier molecular flexibility index (Phi) is 6.23. The zero-order valence-electron chi connectivity index (χ0n) is 32.0. The Balaban J connectivity index is 1.17. The van der Waals surface area contributed by atoms with Crippen molar-refractivity contribution in [2.45, 2.75) is 108 Å². The number of nitrogens with zero attached hydrogens (tertiary/aromatic N) is 1. The molecule has 0 N–H and O–H groups in total. The predicted octanol–water partition coefficient (Wildman–Crippen LogP) is 13.5. The first kappa shape index (κ1) is 31.4. The number of anilines is 3. The van der Waals surface area contributed by atoms with Crippen molar-refractivity contribution >= 4 is 17.1 Å². The number of hydrogen-bond acceptors (Lipinski definition) is 1. The number of hydrogen-bond donors (Lipinski definition) is 0. The Morgan fingerprint density at radius 2 is 1.00 bits per heavy atom. The molecule has 5 aromatic rings. The molecule has 0 saturated heterocycles. The van der Waals surface area contributed by atoms with Crippen LogP contribution in [-0.4, -0.2) is 0 Å². The highest BCUT2D eigenvalue weighted by atomic mass is 15.1. The van der Waals surface area contributed by atoms with Gasteiger partial charge in [-0.05, 0) is 165 Å². The molecule has 262 valence electrons. The summed E-state index contributed by atoms with van der Waals surface area (Å²) in [5.41, 5.74) is 19.2. The van der Waals surface area contributed by atoms with Crippen LogP contribution in [0.1, 0.15) is 120 Å². The van der Waals surface area contributed by atoms with Crippen LogP contribution in [-0.2, 0) is 21.7 Å². The first-order valence-electron chi connectivity index (χ1n) is 20.4. The monoisotopic (exact) mass is 679 g/mol. The van der Waals surface area contributed by atoms with Crippen LogP contribution in [0.5, 0.6) is 0 Å². The van der Waals surface area contributed by atoms with E-state index in [1.165, 1.54) is 107 Å². The number of rotatable bonds is 3. The van der Waals surface area contributed by atoms with Gasteiger partial charge in [0, 0.05) is 22.2 Å². The van der Waals surface area contributed by atoms with Crippen molar-refractivity contribution in [2.24, 2.45) is 23.7 Å². The van der Waals surface area contributed by atoms with Gasteiger partial charge in [-0.2, -0.15) is 0 Å². The van der Waals surface area contributed by atoms with E-state index in [9.17, 15) is 0 Å². The summed E-state index contributed by atoms with van der Waals surface area (Å²) in [4.78, 5) is 2.68. The average molecular weight is 680 g/mol. The highest BCUT2D eigenvalue weighted by Crippen LogP contribution is 2.70. The maximum atomic E-state index is 2.70. The molecule has 52 heavy (non-hydrogen) atoms. The van der Waals surface area contributed by atoms with Crippen LogP contribution in [0.25, 0.3) is 22.3 Å². The fraction of sp³-hybridized carbons (Fsp3) is 0.412. The molecule has 1 spiro atoms. The summed E-state index contributed by atoms with van der Waals surface area (Å²) < 4.78 is 0. The maximum absolute atomic E-state index is 2.70. The van der Waals surface area contributed by atoms with Crippen molar-refractivity contribution in [1.82, 2.24) is 0 Å². The first-order valence-corrected chi connectivity index (χ1v) is 20.4. The molecule has 7 aliphatic rings. The lowest BCUT2D eigenvalue weighted by Crippen LogP contribution is -2.55. The minimum Gasteiger partial charge on any atom is -0.310 e. The second-order valence-corrected chi connectivity index (χ2v) is 19.7. The van der Waals surface area contributed by atoms with E-state index < -0.39 is 0 Å². The Labute approximate surface area is 311 Å². The van der Waals surface area contributed by atoms with Crippen molar-refractivity contribution in [3.05, 3.63) is 137 Å². The van der Waals surface area contributed by atoms with Crippen molar-refractivity contribution in [3.63, 3.8) is 0 Å². The van der Waals surface area contributed by atoms with Gasteiger partial charge in [-0.3, -0.25) is 0 Å². The summed E-state index contributed by atoms with van der Waals surface area (Å²) >= 11 is 0. The average Bonchev–Trinajstić information content (AvgIpc) is 3.55. The summed E-state index contributed by atoms with van der Waals surface area (Å²) in [6.45, 7) is 14.7. The summed E-state index contributed by atoms with van der Waals surface area (Å²) in [7, 11) is 0. The zero-order chi connectivity index (χ0) is 35.4. The SMILES string of the molecule is CC1(C)CCC(C)(C)c2cc(N(c3ccc4c(c3)C3(c5ccccc5-4)C4CC5CC(C4)CC3C5)c3cccc4c3C(C)(C)c3ccccc3-4)ccc21. The van der Waals surface area contributed by atoms with Crippen LogP contribution in [0.2, 0.25) is 0 Å². The first-order chi connectivity index (χ1) is 25.0. The van der Waals surface area contributed by atoms with E-state index in [0.29, 0.717) is 0 Å². The summed E-state index contributed by atoms with van der Waals surface area (Å²) in [6.07, 6.45) is 9.54. The van der Waals surface area contributed by atoms with Crippen LogP contribution >= 0.6 is 0 Å². The van der Waals surface area contributed by atoms with Crippen LogP contribution in [0.15, 0.2) is 103 Å². The normalized spacial score (nSPS) is 28.6. The van der Waals surface area contributed by atoms with E-state index in [1.807, 2.05) is 0 Å². The van der Waals surface area contributed by atoms with Gasteiger partial charge in [0.25, 0.3) is 0 Å². The van der Waals surface area contributed by atoms with Gasteiger partial charge in [0.2, 0.25) is 0 Å². The molecule has 5 aromatic carbocycles. The van der Waals surface area contributed by atoms with Crippen molar-refractivity contribution in [1.29, 1.82) is 0 Å². The maximum Gasteiger partial charge on any atom is 0.0508 e. The molecule has 4 bridgehead atoms. The molecule has 1 nitrogen and oxygen atoms in total. The molecule has 0 aromatic heterocycles. The largest absolute Gasteiger partial charge is 0.310 e. The zero-order valence-corrected chi connectivity index (χ0v) is 32.0. The molecule has 0 radical (unpaired) electrons. The highest BCUT2D eigenvalue weighted by Gasteiger charge is 2.61. The van der Waals surface area contributed by atoms with E-state index >= 15 is 0 Å². The number of benzene rings is 5. The van der Waals surface area contributed by atoms with Crippen LogP contribution in [0, 0.1) is 23.7 Å². The van der Waals surface area contributed by atoms with Gasteiger partial charge in [0.1, 0.15) is 0 Å². The Morgan fingerprint density at radius 1 is 0.462 bits per heavy atom. The molecule has 12 rings (SSSR count). The van der Waals surface area contributed by atoms with Gasteiger partial charge >= 0.3 is 0 Å². The quantitative estimate of drug-likeness (QED) is 0.183. The van der Waals surface area contributed by atoms with E-state index in [4.69, 9.17) is 0 Å². The third kappa shape index (κ3) is 3.96. The molecular weight excluding hydrogens is 627 g/mol. The van der Waals surface area contributed by atoms with Gasteiger partial charge in [-0.1, -0.05) is 114 Å². The standard InChI is InChI=1S/C51H53N/c1-48(2)22-23-49(3,4)45-30-36(19-21-43(45)48)52(46-17-11-14-40-38-13-7-9-15-41(38)50(5,6)47(40)46)35-18-20-39-37-12-8-10-16-42(37)51(44(39)29-35)33-25-31-24-32(27-33)28-34(51)26-31/h7-21,29-34H,22-28H2,1-6H3. The molecule has 0 heterocycles. The predicted molar refractivity (Wildman–Crippen MR) is 217 cm³/mol. The third-order valence-electron chi connectivity index (χ3n) is 15.7. The smallest absolute Gasteiger partial charge is 0.0508 e. The van der Waals surface area contributed by atoms with Gasteiger partial charge in [-0.25, -0.2) is 0 Å². The molecule has 0 unspecified atom stereocenters. The lowest BCUT2D eigenvalue weighted by Gasteiger charge is -2.61. The lowest BCUT2D eigenvalue weighted by molar-refractivity contribution is -0.0399. The second kappa shape index (κ2) is 10.3. The summed E-state index contributed by atoms with van der Waals surface area (Å²) in [5.74, 6) is 3.36. The van der Waals surface area contributed by atoms with Crippen LogP contribution in [0.4, 0.5) is 17.1 Å². The topological polar surface area (TPSA) is 3.24 Å². The minimum absolute atomic E-state index is 0.119. The molecular formula is C51H53N. The summed E-state index contributed by atoms with van der Waals surface area (Å²) in [6, 6.07) is 41.0. The van der Waals surface area contributed by atoms with Crippen molar-refractivity contribution in [3.8, 4) is 22.3 Å². The summed E-state index contributed by atoms with van der Waals surface area (Å²) in [5, 5.41) is 0.